The summed E-state index contributed by atoms with van der Waals surface area (Å²) in [5.74, 6) is 0.854. The third kappa shape index (κ3) is 2.96. The molecule has 0 bridgehead atoms. The number of aliphatic hydroxyl groups is 1. The molecule has 13 heavy (non-hydrogen) atoms. The van der Waals surface area contributed by atoms with Crippen molar-refractivity contribution < 1.29 is 5.11 Å². The first kappa shape index (κ1) is 11.0. The van der Waals surface area contributed by atoms with E-state index in [4.69, 9.17) is 10.8 Å². The van der Waals surface area contributed by atoms with E-state index in [2.05, 4.69) is 6.92 Å². The van der Waals surface area contributed by atoms with E-state index in [1.165, 1.54) is 32.1 Å². The topological polar surface area (TPSA) is 46.2 Å². The van der Waals surface area contributed by atoms with Gasteiger partial charge in [0.05, 0.1) is 0 Å². The molecular weight excluding hydrogens is 162 g/mol. The van der Waals surface area contributed by atoms with Gasteiger partial charge >= 0.3 is 0 Å². The summed E-state index contributed by atoms with van der Waals surface area (Å²) in [6, 6.07) is 0. The van der Waals surface area contributed by atoms with Crippen molar-refractivity contribution in [2.24, 2.45) is 17.1 Å². The first-order valence-electron chi connectivity index (χ1n) is 5.53. The molecule has 1 saturated carbocycles. The second-order valence-corrected chi connectivity index (χ2v) is 4.71. The Kier molecular flexibility index (Phi) is 4.20. The Morgan fingerprint density at radius 2 is 2.15 bits per heavy atom. The van der Waals surface area contributed by atoms with E-state index in [0.29, 0.717) is 6.61 Å². The predicted octanol–water partition coefficient (Wildman–Crippen LogP) is 1.91. The highest BCUT2D eigenvalue weighted by molar-refractivity contribution is 4.83. The summed E-state index contributed by atoms with van der Waals surface area (Å²) in [5, 5.41) is 9.02. The van der Waals surface area contributed by atoms with Crippen LogP contribution in [-0.4, -0.2) is 18.3 Å². The first-order valence-corrected chi connectivity index (χ1v) is 5.53. The van der Waals surface area contributed by atoms with Crippen LogP contribution in [0.1, 0.15) is 45.4 Å². The van der Waals surface area contributed by atoms with Gasteiger partial charge in [0, 0.05) is 6.61 Å². The molecule has 0 saturated heterocycles. The Bertz CT molecular complexity index is 149. The van der Waals surface area contributed by atoms with Crippen molar-refractivity contribution in [3.05, 3.63) is 0 Å². The fourth-order valence-corrected chi connectivity index (χ4v) is 2.44. The molecule has 1 aliphatic rings. The average Bonchev–Trinajstić information content (AvgIpc) is 2.30. The highest BCUT2D eigenvalue weighted by atomic mass is 16.3. The normalized spacial score (nSPS) is 35.8. The molecule has 0 aliphatic heterocycles. The lowest BCUT2D eigenvalue weighted by Gasteiger charge is -2.30. The van der Waals surface area contributed by atoms with E-state index in [9.17, 15) is 0 Å². The maximum Gasteiger partial charge on any atom is 0.0436 e. The molecule has 1 rings (SSSR count). The van der Waals surface area contributed by atoms with Gasteiger partial charge in [0.2, 0.25) is 0 Å². The van der Waals surface area contributed by atoms with Gasteiger partial charge in [0.15, 0.2) is 0 Å². The Hall–Kier alpha value is -0.0800. The summed E-state index contributed by atoms with van der Waals surface area (Å²) in [6.07, 6.45) is 7.25. The van der Waals surface area contributed by atoms with Crippen molar-refractivity contribution in [3.8, 4) is 0 Å². The van der Waals surface area contributed by atoms with Crippen molar-refractivity contribution in [1.29, 1.82) is 0 Å². The quantitative estimate of drug-likeness (QED) is 0.660. The molecule has 3 N–H and O–H groups in total. The third-order valence-electron chi connectivity index (χ3n) is 3.65. The number of hydrogen-bond acceptors (Lipinski definition) is 2. The number of aliphatic hydroxyl groups excluding tert-OH is 1. The summed E-state index contributed by atoms with van der Waals surface area (Å²) < 4.78 is 0. The second kappa shape index (κ2) is 4.97. The van der Waals surface area contributed by atoms with E-state index in [0.717, 1.165) is 18.9 Å². The van der Waals surface area contributed by atoms with Crippen LogP contribution in [0, 0.1) is 11.3 Å². The van der Waals surface area contributed by atoms with Crippen molar-refractivity contribution >= 4 is 0 Å². The zero-order chi connectivity index (χ0) is 9.73. The van der Waals surface area contributed by atoms with Crippen LogP contribution in [0.2, 0.25) is 0 Å². The Labute approximate surface area is 81.5 Å². The van der Waals surface area contributed by atoms with Gasteiger partial charge in [-0.15, -0.1) is 0 Å². The van der Waals surface area contributed by atoms with Crippen molar-refractivity contribution in [3.63, 3.8) is 0 Å². The Morgan fingerprint density at radius 1 is 1.38 bits per heavy atom. The minimum atomic E-state index is 0.263. The van der Waals surface area contributed by atoms with E-state index in [1.807, 2.05) is 0 Å². The number of rotatable bonds is 3. The SMILES string of the molecule is CC1CCCC(CN)(CCO)CC1. The molecule has 0 aromatic carbocycles. The second-order valence-electron chi connectivity index (χ2n) is 4.71. The highest BCUT2D eigenvalue weighted by Gasteiger charge is 2.30. The van der Waals surface area contributed by atoms with Crippen molar-refractivity contribution in [2.75, 3.05) is 13.2 Å². The maximum atomic E-state index is 9.02. The zero-order valence-corrected chi connectivity index (χ0v) is 8.76. The van der Waals surface area contributed by atoms with Crippen molar-refractivity contribution in [2.45, 2.75) is 45.4 Å². The molecule has 0 heterocycles. The number of nitrogens with two attached hydrogens (primary N) is 1. The van der Waals surface area contributed by atoms with E-state index in [-0.39, 0.29) is 5.41 Å². The summed E-state index contributed by atoms with van der Waals surface area (Å²) >= 11 is 0. The summed E-state index contributed by atoms with van der Waals surface area (Å²) in [5.41, 5.74) is 6.09. The van der Waals surface area contributed by atoms with E-state index < -0.39 is 0 Å². The smallest absolute Gasteiger partial charge is 0.0436 e. The highest BCUT2D eigenvalue weighted by Crippen LogP contribution is 2.38. The fraction of sp³-hybridized carbons (Fsp3) is 1.00. The van der Waals surface area contributed by atoms with Crippen LogP contribution in [0.15, 0.2) is 0 Å². The summed E-state index contributed by atoms with van der Waals surface area (Å²) in [6.45, 7) is 3.37. The lowest BCUT2D eigenvalue weighted by Crippen LogP contribution is -2.31. The standard InChI is InChI=1S/C11H23NO/c1-10-3-2-5-11(9-12,6-4-10)7-8-13/h10,13H,2-9,12H2,1H3. The monoisotopic (exact) mass is 185 g/mol. The largest absolute Gasteiger partial charge is 0.396 e. The molecular formula is C11H23NO. The molecule has 0 aromatic heterocycles. The van der Waals surface area contributed by atoms with Gasteiger partial charge in [-0.25, -0.2) is 0 Å². The van der Waals surface area contributed by atoms with Gasteiger partial charge in [0.1, 0.15) is 0 Å². The van der Waals surface area contributed by atoms with Gasteiger partial charge in [-0.1, -0.05) is 26.2 Å². The van der Waals surface area contributed by atoms with Gasteiger partial charge in [-0.2, -0.15) is 0 Å². The molecule has 0 aromatic rings. The Morgan fingerprint density at radius 3 is 2.77 bits per heavy atom. The van der Waals surface area contributed by atoms with Crippen molar-refractivity contribution in [1.82, 2.24) is 0 Å². The maximum absolute atomic E-state index is 9.02. The lowest BCUT2D eigenvalue weighted by atomic mass is 9.77. The molecule has 0 radical (unpaired) electrons. The molecule has 0 spiro atoms. The third-order valence-corrected chi connectivity index (χ3v) is 3.65. The summed E-state index contributed by atoms with van der Waals surface area (Å²) in [4.78, 5) is 0. The molecule has 2 heteroatoms. The predicted molar refractivity (Wildman–Crippen MR) is 55.4 cm³/mol. The van der Waals surface area contributed by atoms with E-state index >= 15 is 0 Å². The molecule has 1 fully saturated rings. The molecule has 1 aliphatic carbocycles. The first-order chi connectivity index (χ1) is 6.22. The van der Waals surface area contributed by atoms with Crippen LogP contribution < -0.4 is 5.73 Å². The summed E-state index contributed by atoms with van der Waals surface area (Å²) in [7, 11) is 0. The molecule has 78 valence electrons. The minimum absolute atomic E-state index is 0.263. The van der Waals surface area contributed by atoms with Crippen LogP contribution in [0.4, 0.5) is 0 Å². The van der Waals surface area contributed by atoms with Crippen LogP contribution in [-0.2, 0) is 0 Å². The van der Waals surface area contributed by atoms with Crippen LogP contribution >= 0.6 is 0 Å². The molecule has 0 amide bonds. The van der Waals surface area contributed by atoms with Gasteiger partial charge in [-0.05, 0) is 37.1 Å². The van der Waals surface area contributed by atoms with Crippen LogP contribution in [0.3, 0.4) is 0 Å². The minimum Gasteiger partial charge on any atom is -0.396 e. The number of hydrogen-bond donors (Lipinski definition) is 2. The van der Waals surface area contributed by atoms with Gasteiger partial charge < -0.3 is 10.8 Å². The van der Waals surface area contributed by atoms with Crippen LogP contribution in [0.25, 0.3) is 0 Å². The molecule has 2 unspecified atom stereocenters. The van der Waals surface area contributed by atoms with Crippen LogP contribution in [0.5, 0.6) is 0 Å². The zero-order valence-electron chi connectivity index (χ0n) is 8.76. The molecule has 2 atom stereocenters. The fourth-order valence-electron chi connectivity index (χ4n) is 2.44. The van der Waals surface area contributed by atoms with E-state index in [1.54, 1.807) is 0 Å². The van der Waals surface area contributed by atoms with Gasteiger partial charge in [-0.3, -0.25) is 0 Å². The lowest BCUT2D eigenvalue weighted by molar-refractivity contribution is 0.165. The Balaban J connectivity index is 2.53. The average molecular weight is 185 g/mol. The van der Waals surface area contributed by atoms with Gasteiger partial charge in [0.25, 0.3) is 0 Å². The molecule has 2 nitrogen and oxygen atoms in total.